The Balaban J connectivity index is 1.76. The molecule has 0 aliphatic rings. The molecule has 3 rings (SSSR count). The van der Waals surface area contributed by atoms with Gasteiger partial charge in [-0.3, -0.25) is 9.48 Å². The number of hydrogen-bond donors (Lipinski definition) is 1. The van der Waals surface area contributed by atoms with Crippen molar-refractivity contribution in [2.45, 2.75) is 12.7 Å². The molecule has 0 unspecified atom stereocenters. The Morgan fingerprint density at radius 1 is 1.13 bits per heavy atom. The van der Waals surface area contributed by atoms with Gasteiger partial charge in [0.05, 0.1) is 24.4 Å². The van der Waals surface area contributed by atoms with E-state index in [0.29, 0.717) is 12.1 Å². The first kappa shape index (κ1) is 21.4. The van der Waals surface area contributed by atoms with Crippen LogP contribution in [0.2, 0.25) is 0 Å². The van der Waals surface area contributed by atoms with Gasteiger partial charge < -0.3 is 14.8 Å². The Morgan fingerprint density at radius 2 is 1.90 bits per heavy atom. The number of nitrogens with zero attached hydrogens (tertiary/aromatic N) is 2. The fourth-order valence-electron chi connectivity index (χ4n) is 2.70. The Kier molecular flexibility index (Phi) is 6.73. The Bertz CT molecular complexity index is 971. The fourth-order valence-corrected chi connectivity index (χ4v) is 2.70. The highest BCUT2D eigenvalue weighted by atomic mass is 19.4. The summed E-state index contributed by atoms with van der Waals surface area (Å²) in [5.41, 5.74) is 0.287. The molecule has 0 saturated heterocycles. The van der Waals surface area contributed by atoms with Crippen LogP contribution in [0, 0.1) is 0 Å². The van der Waals surface area contributed by atoms with E-state index < -0.39 is 17.6 Å². The summed E-state index contributed by atoms with van der Waals surface area (Å²) in [4.78, 5) is 12.6. The van der Waals surface area contributed by atoms with Crippen LogP contribution in [0.5, 0.6) is 5.75 Å². The Morgan fingerprint density at radius 3 is 2.53 bits per heavy atom. The lowest BCUT2D eigenvalue weighted by Gasteiger charge is -2.15. The van der Waals surface area contributed by atoms with Crippen molar-refractivity contribution in [3.8, 4) is 5.75 Å². The van der Waals surface area contributed by atoms with Crippen molar-refractivity contribution in [3.63, 3.8) is 0 Å². The van der Waals surface area contributed by atoms with Crippen molar-refractivity contribution in [2.24, 2.45) is 0 Å². The minimum Gasteiger partial charge on any atom is -0.489 e. The molecule has 9 heteroatoms. The third-order valence-electron chi connectivity index (χ3n) is 4.22. The number of amides is 1. The normalized spacial score (nSPS) is 11.3. The summed E-state index contributed by atoms with van der Waals surface area (Å²) in [5, 5.41) is 6.62. The summed E-state index contributed by atoms with van der Waals surface area (Å²) in [6.45, 7) is 0.930. The SMILES string of the molecule is COCCOc1ccc(C(F)(F)F)cc1NC(=O)c1ccc(Cn2cccn2)cc1. The van der Waals surface area contributed by atoms with Gasteiger partial charge in [-0.2, -0.15) is 18.3 Å². The van der Waals surface area contributed by atoms with E-state index in [4.69, 9.17) is 9.47 Å². The average Bonchev–Trinajstić information content (AvgIpc) is 3.22. The highest BCUT2D eigenvalue weighted by Crippen LogP contribution is 2.35. The van der Waals surface area contributed by atoms with Gasteiger partial charge in [0.1, 0.15) is 12.4 Å². The number of methoxy groups -OCH3 is 1. The number of anilines is 1. The molecule has 0 atom stereocenters. The zero-order chi connectivity index (χ0) is 21.6. The van der Waals surface area contributed by atoms with E-state index in [9.17, 15) is 18.0 Å². The zero-order valence-electron chi connectivity index (χ0n) is 16.1. The van der Waals surface area contributed by atoms with Gasteiger partial charge in [-0.15, -0.1) is 0 Å². The van der Waals surface area contributed by atoms with Crippen molar-refractivity contribution in [3.05, 3.63) is 77.6 Å². The first-order valence-corrected chi connectivity index (χ1v) is 9.07. The van der Waals surface area contributed by atoms with Crippen LogP contribution in [0.4, 0.5) is 18.9 Å². The number of aromatic nitrogens is 2. The lowest BCUT2D eigenvalue weighted by molar-refractivity contribution is -0.137. The molecule has 0 radical (unpaired) electrons. The summed E-state index contributed by atoms with van der Waals surface area (Å²) >= 11 is 0. The summed E-state index contributed by atoms with van der Waals surface area (Å²) in [6.07, 6.45) is -1.05. The van der Waals surface area contributed by atoms with Crippen molar-refractivity contribution in [2.75, 3.05) is 25.6 Å². The van der Waals surface area contributed by atoms with E-state index in [1.807, 2.05) is 12.3 Å². The Labute approximate surface area is 171 Å². The van der Waals surface area contributed by atoms with Gasteiger partial charge in [-0.25, -0.2) is 0 Å². The predicted molar refractivity (Wildman–Crippen MR) is 105 cm³/mol. The van der Waals surface area contributed by atoms with Crippen molar-refractivity contribution in [1.29, 1.82) is 0 Å². The predicted octanol–water partition coefficient (Wildman–Crippen LogP) is 4.23. The van der Waals surface area contributed by atoms with Gasteiger partial charge in [0, 0.05) is 25.1 Å². The Hall–Kier alpha value is -3.33. The van der Waals surface area contributed by atoms with Gasteiger partial charge in [0.2, 0.25) is 0 Å². The molecular weight excluding hydrogens is 399 g/mol. The molecule has 0 fully saturated rings. The molecule has 0 spiro atoms. The van der Waals surface area contributed by atoms with E-state index in [2.05, 4.69) is 10.4 Å². The molecule has 1 amide bonds. The largest absolute Gasteiger partial charge is 0.489 e. The molecular formula is C21H20F3N3O3. The highest BCUT2D eigenvalue weighted by Gasteiger charge is 2.31. The lowest BCUT2D eigenvalue weighted by atomic mass is 10.1. The van der Waals surface area contributed by atoms with Crippen LogP contribution in [-0.4, -0.2) is 36.0 Å². The summed E-state index contributed by atoms with van der Waals surface area (Å²) in [5.74, 6) is -0.416. The first-order valence-electron chi connectivity index (χ1n) is 9.07. The van der Waals surface area contributed by atoms with E-state index in [0.717, 1.165) is 17.7 Å². The molecule has 1 N–H and O–H groups in total. The fraction of sp³-hybridized carbons (Fsp3) is 0.238. The number of ether oxygens (including phenoxy) is 2. The van der Waals surface area contributed by atoms with Crippen LogP contribution in [0.25, 0.3) is 0 Å². The lowest BCUT2D eigenvalue weighted by Crippen LogP contribution is -2.15. The number of halogens is 3. The molecule has 1 aromatic heterocycles. The molecule has 30 heavy (non-hydrogen) atoms. The molecule has 0 aliphatic heterocycles. The molecule has 0 bridgehead atoms. The van der Waals surface area contributed by atoms with Crippen molar-refractivity contribution >= 4 is 11.6 Å². The number of nitrogens with one attached hydrogen (secondary N) is 1. The molecule has 0 saturated carbocycles. The van der Waals surface area contributed by atoms with Crippen LogP contribution in [-0.2, 0) is 17.5 Å². The van der Waals surface area contributed by atoms with Crippen LogP contribution in [0.15, 0.2) is 60.9 Å². The van der Waals surface area contributed by atoms with Crippen molar-refractivity contribution in [1.82, 2.24) is 9.78 Å². The van der Waals surface area contributed by atoms with Gasteiger partial charge in [-0.1, -0.05) is 12.1 Å². The minimum absolute atomic E-state index is 0.0634. The van der Waals surface area contributed by atoms with Gasteiger partial charge in [0.25, 0.3) is 5.91 Å². The second kappa shape index (κ2) is 9.45. The van der Waals surface area contributed by atoms with Gasteiger partial charge in [0.15, 0.2) is 0 Å². The maximum absolute atomic E-state index is 13.1. The molecule has 2 aromatic carbocycles. The molecule has 6 nitrogen and oxygen atoms in total. The standard InChI is InChI=1S/C21H20F3N3O3/c1-29-11-12-30-19-8-7-17(21(22,23)24)13-18(19)26-20(28)16-5-3-15(4-6-16)14-27-10-2-9-25-27/h2-10,13H,11-12,14H2,1H3,(H,26,28). The van der Waals surface area contributed by atoms with Gasteiger partial charge in [-0.05, 0) is 42.0 Å². The second-order valence-corrected chi connectivity index (χ2v) is 6.40. The number of carbonyl (C=O) groups is 1. The third-order valence-corrected chi connectivity index (χ3v) is 4.22. The molecule has 1 heterocycles. The van der Waals surface area contributed by atoms with E-state index in [1.54, 1.807) is 35.1 Å². The maximum atomic E-state index is 13.1. The quantitative estimate of drug-likeness (QED) is 0.555. The number of benzene rings is 2. The second-order valence-electron chi connectivity index (χ2n) is 6.40. The average molecular weight is 419 g/mol. The van der Waals surface area contributed by atoms with Crippen LogP contribution >= 0.6 is 0 Å². The van der Waals surface area contributed by atoms with Crippen molar-refractivity contribution < 1.29 is 27.4 Å². The number of alkyl halides is 3. The van der Waals surface area contributed by atoms with E-state index >= 15 is 0 Å². The molecule has 3 aromatic rings. The van der Waals surface area contributed by atoms with Crippen LogP contribution < -0.4 is 10.1 Å². The van der Waals surface area contributed by atoms with E-state index in [1.165, 1.54) is 13.2 Å². The number of hydrogen-bond acceptors (Lipinski definition) is 4. The summed E-state index contributed by atoms with van der Waals surface area (Å²) < 4.78 is 51.3. The molecule has 0 aliphatic carbocycles. The maximum Gasteiger partial charge on any atom is 0.416 e. The smallest absolute Gasteiger partial charge is 0.416 e. The van der Waals surface area contributed by atoms with Crippen LogP contribution in [0.3, 0.4) is 0 Å². The third kappa shape index (κ3) is 5.60. The van der Waals surface area contributed by atoms with E-state index in [-0.39, 0.29) is 24.7 Å². The highest BCUT2D eigenvalue weighted by molar-refractivity contribution is 6.05. The zero-order valence-corrected chi connectivity index (χ0v) is 16.1. The molecule has 158 valence electrons. The summed E-state index contributed by atoms with van der Waals surface area (Å²) in [7, 11) is 1.48. The summed E-state index contributed by atoms with van der Waals surface area (Å²) in [6, 6.07) is 11.5. The number of carbonyl (C=O) groups excluding carboxylic acids is 1. The topological polar surface area (TPSA) is 65.4 Å². The first-order chi connectivity index (χ1) is 14.4. The van der Waals surface area contributed by atoms with Crippen LogP contribution in [0.1, 0.15) is 21.5 Å². The number of rotatable bonds is 8. The monoisotopic (exact) mass is 419 g/mol. The minimum atomic E-state index is -4.54. The van der Waals surface area contributed by atoms with Gasteiger partial charge >= 0.3 is 6.18 Å².